The average Bonchev–Trinajstić information content (AvgIpc) is 3.25. The molecule has 3 N–H and O–H groups in total. The smallest absolute Gasteiger partial charge is 0.243 e. The largest absolute Gasteiger partial charge is 0.390 e. The van der Waals surface area contributed by atoms with Crippen LogP contribution in [0.15, 0.2) is 42.7 Å². The molecule has 0 aromatic carbocycles. The average molecular weight is 434 g/mol. The van der Waals surface area contributed by atoms with Gasteiger partial charge in [-0.3, -0.25) is 4.98 Å². The van der Waals surface area contributed by atoms with Crippen molar-refractivity contribution in [3.8, 4) is 11.3 Å². The summed E-state index contributed by atoms with van der Waals surface area (Å²) in [5, 5.41) is 21.5. The van der Waals surface area contributed by atoms with Gasteiger partial charge in [0.2, 0.25) is 5.95 Å². The molecule has 168 valence electrons. The molecule has 0 amide bonds. The molecule has 1 fully saturated rings. The van der Waals surface area contributed by atoms with E-state index in [4.69, 9.17) is 9.97 Å². The SMILES string of the molecule is CC.CNc1nc(NC2CCC(C)(O)CC2)nn2ccc(-c3ccc4ncccc4n3)c12. The molecule has 0 spiro atoms. The second-order valence-electron chi connectivity index (χ2n) is 8.21. The second-order valence-corrected chi connectivity index (χ2v) is 8.21. The lowest BCUT2D eigenvalue weighted by atomic mass is 9.84. The minimum atomic E-state index is -0.559. The third-order valence-corrected chi connectivity index (χ3v) is 5.88. The molecule has 0 aliphatic heterocycles. The van der Waals surface area contributed by atoms with Crippen LogP contribution in [0.2, 0.25) is 0 Å². The van der Waals surface area contributed by atoms with Crippen LogP contribution >= 0.6 is 0 Å². The van der Waals surface area contributed by atoms with Gasteiger partial charge < -0.3 is 15.7 Å². The van der Waals surface area contributed by atoms with Crippen molar-refractivity contribution in [1.29, 1.82) is 0 Å². The molecule has 1 aliphatic rings. The van der Waals surface area contributed by atoms with Crippen LogP contribution in [0.4, 0.5) is 11.8 Å². The number of aromatic nitrogens is 5. The number of anilines is 2. The summed E-state index contributed by atoms with van der Waals surface area (Å²) in [6.45, 7) is 5.91. The molecule has 32 heavy (non-hydrogen) atoms. The number of nitrogens with one attached hydrogen (secondary N) is 2. The van der Waals surface area contributed by atoms with Gasteiger partial charge in [0.15, 0.2) is 5.82 Å². The van der Waals surface area contributed by atoms with E-state index in [2.05, 4.69) is 20.7 Å². The Bertz CT molecular complexity index is 1210. The Morgan fingerprint density at radius 1 is 1.06 bits per heavy atom. The first-order valence-corrected chi connectivity index (χ1v) is 11.3. The van der Waals surface area contributed by atoms with Gasteiger partial charge in [0.05, 0.1) is 22.3 Å². The molecule has 0 saturated heterocycles. The number of aliphatic hydroxyl groups is 1. The van der Waals surface area contributed by atoms with Gasteiger partial charge in [-0.1, -0.05) is 13.8 Å². The van der Waals surface area contributed by atoms with Gasteiger partial charge in [0, 0.05) is 31.0 Å². The molecular formula is C24H31N7O. The van der Waals surface area contributed by atoms with Crippen molar-refractivity contribution in [2.45, 2.75) is 58.1 Å². The van der Waals surface area contributed by atoms with E-state index in [0.717, 1.165) is 59.3 Å². The predicted molar refractivity (Wildman–Crippen MR) is 129 cm³/mol. The minimum Gasteiger partial charge on any atom is -0.390 e. The standard InChI is InChI=1S/C22H25N7O.C2H6/c1-22(30)10-7-14(8-11-22)25-21-27-20(23-2)19-15(9-13-29(19)28-21)16-5-6-17-18(26-16)4-3-12-24-17;1-2/h3-6,9,12-14,30H,7-8,10-11H2,1-2H3,(H2,23,25,27,28);1-2H3. The van der Waals surface area contributed by atoms with E-state index in [-0.39, 0.29) is 6.04 Å². The van der Waals surface area contributed by atoms with Crippen LogP contribution in [0.5, 0.6) is 0 Å². The zero-order valence-corrected chi connectivity index (χ0v) is 19.1. The topological polar surface area (TPSA) is 100 Å². The number of nitrogens with zero attached hydrogens (tertiary/aromatic N) is 5. The molecule has 0 radical (unpaired) electrons. The highest BCUT2D eigenvalue weighted by atomic mass is 16.3. The molecule has 0 bridgehead atoms. The number of rotatable bonds is 4. The van der Waals surface area contributed by atoms with E-state index in [0.29, 0.717) is 5.95 Å². The highest BCUT2D eigenvalue weighted by Crippen LogP contribution is 2.32. The predicted octanol–water partition coefficient (Wildman–Crippen LogP) is 4.51. The fraction of sp³-hybridized carbons (Fsp3) is 0.417. The van der Waals surface area contributed by atoms with Gasteiger partial charge in [-0.05, 0) is 62.9 Å². The number of fused-ring (bicyclic) bond motifs is 2. The van der Waals surface area contributed by atoms with Crippen molar-refractivity contribution in [2.24, 2.45) is 0 Å². The summed E-state index contributed by atoms with van der Waals surface area (Å²) < 4.78 is 1.84. The monoisotopic (exact) mass is 433 g/mol. The summed E-state index contributed by atoms with van der Waals surface area (Å²) in [6.07, 6.45) is 7.06. The lowest BCUT2D eigenvalue weighted by Gasteiger charge is -2.33. The molecular weight excluding hydrogens is 402 g/mol. The fourth-order valence-corrected chi connectivity index (χ4v) is 4.14. The molecule has 4 aromatic rings. The summed E-state index contributed by atoms with van der Waals surface area (Å²) in [5.74, 6) is 1.32. The molecule has 1 aliphatic carbocycles. The second kappa shape index (κ2) is 9.08. The summed E-state index contributed by atoms with van der Waals surface area (Å²) >= 11 is 0. The van der Waals surface area contributed by atoms with Crippen LogP contribution < -0.4 is 10.6 Å². The fourth-order valence-electron chi connectivity index (χ4n) is 4.14. The minimum absolute atomic E-state index is 0.261. The van der Waals surface area contributed by atoms with Crippen molar-refractivity contribution >= 4 is 28.3 Å². The van der Waals surface area contributed by atoms with Gasteiger partial charge in [-0.15, -0.1) is 5.10 Å². The maximum atomic E-state index is 10.2. The molecule has 4 heterocycles. The molecule has 0 unspecified atom stereocenters. The Morgan fingerprint density at radius 3 is 2.59 bits per heavy atom. The molecule has 8 heteroatoms. The maximum absolute atomic E-state index is 10.2. The van der Waals surface area contributed by atoms with E-state index in [1.807, 2.05) is 68.9 Å². The quantitative estimate of drug-likeness (QED) is 0.435. The highest BCUT2D eigenvalue weighted by molar-refractivity contribution is 5.89. The molecule has 4 aromatic heterocycles. The van der Waals surface area contributed by atoms with Crippen LogP contribution in [-0.2, 0) is 0 Å². The first-order valence-electron chi connectivity index (χ1n) is 11.3. The Kier molecular flexibility index (Phi) is 6.23. The van der Waals surface area contributed by atoms with Gasteiger partial charge in [-0.2, -0.15) is 4.98 Å². The Hall–Kier alpha value is -3.26. The Balaban J connectivity index is 0.00000119. The van der Waals surface area contributed by atoms with Crippen molar-refractivity contribution in [2.75, 3.05) is 17.7 Å². The lowest BCUT2D eigenvalue weighted by molar-refractivity contribution is 0.0195. The highest BCUT2D eigenvalue weighted by Gasteiger charge is 2.29. The number of pyridine rings is 2. The summed E-state index contributed by atoms with van der Waals surface area (Å²) in [4.78, 5) is 13.8. The van der Waals surface area contributed by atoms with Crippen molar-refractivity contribution in [3.63, 3.8) is 0 Å². The van der Waals surface area contributed by atoms with Gasteiger partial charge >= 0.3 is 0 Å². The number of hydrogen-bond acceptors (Lipinski definition) is 7. The molecule has 8 nitrogen and oxygen atoms in total. The zero-order chi connectivity index (χ0) is 22.7. The van der Waals surface area contributed by atoms with E-state index < -0.39 is 5.60 Å². The van der Waals surface area contributed by atoms with Gasteiger partial charge in [-0.25, -0.2) is 9.50 Å². The zero-order valence-electron chi connectivity index (χ0n) is 19.1. The van der Waals surface area contributed by atoms with E-state index in [9.17, 15) is 5.11 Å². The van der Waals surface area contributed by atoms with E-state index in [1.54, 1.807) is 6.20 Å². The third-order valence-electron chi connectivity index (χ3n) is 5.88. The Morgan fingerprint density at radius 2 is 1.84 bits per heavy atom. The number of hydrogen-bond donors (Lipinski definition) is 3. The molecule has 0 atom stereocenters. The first-order chi connectivity index (χ1) is 15.5. The van der Waals surface area contributed by atoms with Gasteiger partial charge in [0.1, 0.15) is 5.52 Å². The van der Waals surface area contributed by atoms with E-state index >= 15 is 0 Å². The summed E-state index contributed by atoms with van der Waals surface area (Å²) in [6, 6.07) is 10.1. The van der Waals surface area contributed by atoms with Crippen molar-refractivity contribution < 1.29 is 5.11 Å². The molecule has 5 rings (SSSR count). The van der Waals surface area contributed by atoms with Crippen LogP contribution in [0.1, 0.15) is 46.5 Å². The first kappa shape index (κ1) is 22.0. The van der Waals surface area contributed by atoms with E-state index in [1.165, 1.54) is 0 Å². The van der Waals surface area contributed by atoms with Crippen molar-refractivity contribution in [3.05, 3.63) is 42.7 Å². The van der Waals surface area contributed by atoms with Crippen LogP contribution in [-0.4, -0.2) is 48.4 Å². The normalized spacial score (nSPS) is 20.6. The van der Waals surface area contributed by atoms with Crippen molar-refractivity contribution in [1.82, 2.24) is 24.6 Å². The summed E-state index contributed by atoms with van der Waals surface area (Å²) in [5.41, 5.74) is 3.86. The van der Waals surface area contributed by atoms with Gasteiger partial charge in [0.25, 0.3) is 0 Å². The van der Waals surface area contributed by atoms with Crippen LogP contribution in [0, 0.1) is 0 Å². The summed E-state index contributed by atoms with van der Waals surface area (Å²) in [7, 11) is 1.86. The lowest BCUT2D eigenvalue weighted by Crippen LogP contribution is -2.36. The maximum Gasteiger partial charge on any atom is 0.243 e. The molecule has 1 saturated carbocycles. The Labute approximate surface area is 188 Å². The third kappa shape index (κ3) is 4.36. The van der Waals surface area contributed by atoms with Crippen LogP contribution in [0.25, 0.3) is 27.8 Å². The van der Waals surface area contributed by atoms with Crippen LogP contribution in [0.3, 0.4) is 0 Å².